The predicted octanol–water partition coefficient (Wildman–Crippen LogP) is 2.16. The van der Waals surface area contributed by atoms with E-state index in [0.717, 1.165) is 6.42 Å². The van der Waals surface area contributed by atoms with Gasteiger partial charge < -0.3 is 10.0 Å². The van der Waals surface area contributed by atoms with Gasteiger partial charge >= 0.3 is 0 Å². The van der Waals surface area contributed by atoms with Crippen molar-refractivity contribution in [3.8, 4) is 0 Å². The van der Waals surface area contributed by atoms with E-state index in [2.05, 4.69) is 31.2 Å². The molecule has 1 N–H and O–H groups in total. The van der Waals surface area contributed by atoms with Gasteiger partial charge in [0.2, 0.25) is 5.91 Å². The molecular weight excluding hydrogens is 226 g/mol. The number of hydrogen-bond acceptors (Lipinski definition) is 2. The lowest BCUT2D eigenvalue weighted by Crippen LogP contribution is -2.29. The Labute approximate surface area is 109 Å². The minimum Gasteiger partial charge on any atom is -0.393 e. The Kier molecular flexibility index (Phi) is 5.86. The monoisotopic (exact) mass is 249 g/mol. The topological polar surface area (TPSA) is 40.5 Å². The first-order valence-electron chi connectivity index (χ1n) is 6.46. The molecule has 3 heteroatoms. The summed E-state index contributed by atoms with van der Waals surface area (Å²) in [5, 5.41) is 9.18. The van der Waals surface area contributed by atoms with Crippen LogP contribution in [-0.4, -0.2) is 35.6 Å². The highest BCUT2D eigenvalue weighted by atomic mass is 16.3. The molecule has 0 saturated heterocycles. The molecule has 1 rings (SSSR count). The number of carbonyl (C=O) groups is 1. The molecule has 3 nitrogen and oxygen atoms in total. The van der Waals surface area contributed by atoms with E-state index in [1.165, 1.54) is 11.1 Å². The van der Waals surface area contributed by atoms with Crippen molar-refractivity contribution in [1.82, 2.24) is 4.90 Å². The molecule has 0 saturated carbocycles. The van der Waals surface area contributed by atoms with Crippen molar-refractivity contribution >= 4 is 5.91 Å². The summed E-state index contributed by atoms with van der Waals surface area (Å²) >= 11 is 0. The average Bonchev–Trinajstić information content (AvgIpc) is 2.34. The molecule has 1 unspecified atom stereocenters. The van der Waals surface area contributed by atoms with Crippen molar-refractivity contribution in [2.75, 3.05) is 13.6 Å². The number of aryl methyl sites for hydroxylation is 2. The van der Waals surface area contributed by atoms with E-state index in [-0.39, 0.29) is 12.0 Å². The van der Waals surface area contributed by atoms with E-state index in [4.69, 9.17) is 0 Å². The van der Waals surface area contributed by atoms with E-state index in [0.29, 0.717) is 19.4 Å². The normalized spacial score (nSPS) is 12.2. The molecular formula is C15H23NO2. The van der Waals surface area contributed by atoms with Crippen LogP contribution in [0.15, 0.2) is 24.3 Å². The first-order valence-corrected chi connectivity index (χ1v) is 6.46. The van der Waals surface area contributed by atoms with Crippen LogP contribution in [0.25, 0.3) is 0 Å². The molecule has 0 spiro atoms. The fourth-order valence-corrected chi connectivity index (χ4v) is 1.70. The molecule has 18 heavy (non-hydrogen) atoms. The SMILES string of the molecule is Cc1ccc(CCC(=O)N(C)CCC(C)O)cc1. The maximum absolute atomic E-state index is 11.8. The Bertz CT molecular complexity index is 371. The number of amides is 1. The lowest BCUT2D eigenvalue weighted by atomic mass is 10.1. The predicted molar refractivity (Wildman–Crippen MR) is 73.4 cm³/mol. The summed E-state index contributed by atoms with van der Waals surface area (Å²) in [4.78, 5) is 13.5. The quantitative estimate of drug-likeness (QED) is 0.839. The van der Waals surface area contributed by atoms with Crippen LogP contribution >= 0.6 is 0 Å². The Morgan fingerprint density at radius 3 is 2.50 bits per heavy atom. The van der Waals surface area contributed by atoms with E-state index in [9.17, 15) is 9.90 Å². The van der Waals surface area contributed by atoms with E-state index in [1.54, 1.807) is 18.9 Å². The van der Waals surface area contributed by atoms with Gasteiger partial charge in [0.05, 0.1) is 6.10 Å². The first kappa shape index (κ1) is 14.7. The molecule has 0 aliphatic carbocycles. The van der Waals surface area contributed by atoms with Crippen molar-refractivity contribution in [3.63, 3.8) is 0 Å². The minimum atomic E-state index is -0.350. The van der Waals surface area contributed by atoms with Crippen LogP contribution in [-0.2, 0) is 11.2 Å². The third kappa shape index (κ3) is 5.32. The fourth-order valence-electron chi connectivity index (χ4n) is 1.70. The van der Waals surface area contributed by atoms with Gasteiger partial charge in [-0.3, -0.25) is 4.79 Å². The van der Waals surface area contributed by atoms with Crippen molar-refractivity contribution in [2.24, 2.45) is 0 Å². The van der Waals surface area contributed by atoms with Gasteiger partial charge in [0.25, 0.3) is 0 Å². The lowest BCUT2D eigenvalue weighted by Gasteiger charge is -2.18. The molecule has 0 fully saturated rings. The van der Waals surface area contributed by atoms with Gasteiger partial charge in [0.15, 0.2) is 0 Å². The molecule has 100 valence electrons. The third-order valence-electron chi connectivity index (χ3n) is 3.06. The number of aliphatic hydroxyl groups is 1. The zero-order valence-electron chi connectivity index (χ0n) is 11.5. The minimum absolute atomic E-state index is 0.135. The van der Waals surface area contributed by atoms with Gasteiger partial charge in [-0.1, -0.05) is 29.8 Å². The molecule has 0 bridgehead atoms. The smallest absolute Gasteiger partial charge is 0.222 e. The highest BCUT2D eigenvalue weighted by Gasteiger charge is 2.09. The lowest BCUT2D eigenvalue weighted by molar-refractivity contribution is -0.130. The zero-order valence-corrected chi connectivity index (χ0v) is 11.5. The summed E-state index contributed by atoms with van der Waals surface area (Å²) in [5.74, 6) is 0.135. The standard InChI is InChI=1S/C15H23NO2/c1-12-4-6-14(7-5-12)8-9-15(18)16(3)11-10-13(2)17/h4-7,13,17H,8-11H2,1-3H3. The molecule has 0 heterocycles. The molecule has 0 aliphatic heterocycles. The first-order chi connectivity index (χ1) is 8.49. The average molecular weight is 249 g/mol. The van der Waals surface area contributed by atoms with Gasteiger partial charge in [-0.2, -0.15) is 0 Å². The third-order valence-corrected chi connectivity index (χ3v) is 3.06. The van der Waals surface area contributed by atoms with Crippen molar-refractivity contribution in [2.45, 2.75) is 39.2 Å². The summed E-state index contributed by atoms with van der Waals surface area (Å²) in [7, 11) is 1.79. The van der Waals surface area contributed by atoms with Gasteiger partial charge in [-0.15, -0.1) is 0 Å². The van der Waals surface area contributed by atoms with Gasteiger partial charge in [-0.25, -0.2) is 0 Å². The molecule has 0 radical (unpaired) electrons. The number of hydrogen-bond donors (Lipinski definition) is 1. The van der Waals surface area contributed by atoms with Crippen LogP contribution in [0.2, 0.25) is 0 Å². The van der Waals surface area contributed by atoms with Crippen LogP contribution in [0, 0.1) is 6.92 Å². The number of benzene rings is 1. The summed E-state index contributed by atoms with van der Waals surface area (Å²) in [6.45, 7) is 4.41. The Balaban J connectivity index is 2.34. The van der Waals surface area contributed by atoms with Crippen LogP contribution in [0.1, 0.15) is 30.9 Å². The summed E-state index contributed by atoms with van der Waals surface area (Å²) in [6, 6.07) is 8.27. The van der Waals surface area contributed by atoms with Crippen molar-refractivity contribution in [1.29, 1.82) is 0 Å². The Hall–Kier alpha value is -1.35. The largest absolute Gasteiger partial charge is 0.393 e. The molecule has 0 aliphatic rings. The number of aliphatic hydroxyl groups excluding tert-OH is 1. The number of rotatable bonds is 6. The van der Waals surface area contributed by atoms with Gasteiger partial charge in [0, 0.05) is 20.0 Å². The second kappa shape index (κ2) is 7.17. The Morgan fingerprint density at radius 2 is 1.94 bits per heavy atom. The van der Waals surface area contributed by atoms with Crippen LogP contribution in [0.3, 0.4) is 0 Å². The van der Waals surface area contributed by atoms with Crippen molar-refractivity contribution < 1.29 is 9.90 Å². The molecule has 1 amide bonds. The van der Waals surface area contributed by atoms with Crippen LogP contribution in [0.4, 0.5) is 0 Å². The maximum Gasteiger partial charge on any atom is 0.222 e. The van der Waals surface area contributed by atoms with Crippen LogP contribution in [0.5, 0.6) is 0 Å². The van der Waals surface area contributed by atoms with Crippen LogP contribution < -0.4 is 0 Å². The molecule has 1 aromatic carbocycles. The van der Waals surface area contributed by atoms with E-state index < -0.39 is 0 Å². The summed E-state index contributed by atoms with van der Waals surface area (Å²) in [6.07, 6.45) is 1.59. The second-order valence-corrected chi connectivity index (χ2v) is 4.94. The fraction of sp³-hybridized carbons (Fsp3) is 0.533. The van der Waals surface area contributed by atoms with Gasteiger partial charge in [-0.05, 0) is 32.3 Å². The highest BCUT2D eigenvalue weighted by molar-refractivity contribution is 5.76. The maximum atomic E-state index is 11.8. The molecule has 0 aromatic heterocycles. The second-order valence-electron chi connectivity index (χ2n) is 4.94. The molecule has 1 aromatic rings. The number of nitrogens with zero attached hydrogens (tertiary/aromatic N) is 1. The zero-order chi connectivity index (χ0) is 13.5. The Morgan fingerprint density at radius 1 is 1.33 bits per heavy atom. The highest BCUT2D eigenvalue weighted by Crippen LogP contribution is 2.07. The van der Waals surface area contributed by atoms with Gasteiger partial charge in [0.1, 0.15) is 0 Å². The summed E-state index contributed by atoms with van der Waals surface area (Å²) < 4.78 is 0. The molecule has 1 atom stereocenters. The van der Waals surface area contributed by atoms with Crippen molar-refractivity contribution in [3.05, 3.63) is 35.4 Å². The van der Waals surface area contributed by atoms with E-state index in [1.807, 2.05) is 0 Å². The summed E-state index contributed by atoms with van der Waals surface area (Å²) in [5.41, 5.74) is 2.43. The number of carbonyl (C=O) groups excluding carboxylic acids is 1. The van der Waals surface area contributed by atoms with E-state index >= 15 is 0 Å².